The molecular weight excluding hydrogens is 308 g/mol. The van der Waals surface area contributed by atoms with Gasteiger partial charge >= 0.3 is 5.69 Å². The Labute approximate surface area is 136 Å². The molecule has 0 saturated heterocycles. The fourth-order valence-corrected chi connectivity index (χ4v) is 2.63. The number of Topliss-reactive ketones (excluding diaryl/α,β-unsaturated/α-hetero) is 1. The van der Waals surface area contributed by atoms with Crippen molar-refractivity contribution in [1.29, 1.82) is 5.26 Å². The molecule has 0 saturated carbocycles. The number of ketones is 1. The standard InChI is InChI=1S/C17H14N4O3/c1-2-20-9-11(7-18)16(23)21(17(20)24)10-15(22)13-8-19-14-6-4-3-5-12(13)14/h3-6,8-9,19H,2,10H2,1H3. The van der Waals surface area contributed by atoms with E-state index in [1.165, 1.54) is 10.8 Å². The summed E-state index contributed by atoms with van der Waals surface area (Å²) in [4.78, 5) is 40.1. The van der Waals surface area contributed by atoms with Gasteiger partial charge in [-0.05, 0) is 13.0 Å². The molecular formula is C17H14N4O3. The summed E-state index contributed by atoms with van der Waals surface area (Å²) in [7, 11) is 0. The average molecular weight is 322 g/mol. The van der Waals surface area contributed by atoms with E-state index >= 15 is 0 Å². The monoisotopic (exact) mass is 322 g/mol. The Morgan fingerprint density at radius 2 is 2.04 bits per heavy atom. The van der Waals surface area contributed by atoms with Crippen LogP contribution in [-0.4, -0.2) is 19.9 Å². The van der Waals surface area contributed by atoms with Gasteiger partial charge in [-0.3, -0.25) is 18.7 Å². The summed E-state index contributed by atoms with van der Waals surface area (Å²) in [6.07, 6.45) is 2.78. The van der Waals surface area contributed by atoms with Crippen molar-refractivity contribution in [1.82, 2.24) is 14.1 Å². The number of H-pyrrole nitrogens is 1. The van der Waals surface area contributed by atoms with Crippen molar-refractivity contribution < 1.29 is 4.79 Å². The molecule has 1 N–H and O–H groups in total. The Morgan fingerprint density at radius 3 is 2.75 bits per heavy atom. The zero-order chi connectivity index (χ0) is 17.3. The third-order valence-electron chi connectivity index (χ3n) is 3.89. The number of nitrogens with zero attached hydrogens (tertiary/aromatic N) is 3. The maximum Gasteiger partial charge on any atom is 0.331 e. The first-order chi connectivity index (χ1) is 11.6. The van der Waals surface area contributed by atoms with E-state index in [-0.39, 0.29) is 11.3 Å². The quantitative estimate of drug-likeness (QED) is 0.731. The molecule has 0 atom stereocenters. The molecule has 7 nitrogen and oxygen atoms in total. The lowest BCUT2D eigenvalue weighted by atomic mass is 10.1. The normalized spacial score (nSPS) is 10.7. The van der Waals surface area contributed by atoms with Gasteiger partial charge in [-0.25, -0.2) is 4.79 Å². The molecule has 2 aromatic heterocycles. The van der Waals surface area contributed by atoms with Gasteiger partial charge in [0.25, 0.3) is 5.56 Å². The van der Waals surface area contributed by atoms with E-state index in [4.69, 9.17) is 5.26 Å². The fourth-order valence-electron chi connectivity index (χ4n) is 2.63. The summed E-state index contributed by atoms with van der Waals surface area (Å²) in [6.45, 7) is 1.61. The molecule has 120 valence electrons. The first-order valence-corrected chi connectivity index (χ1v) is 7.40. The number of para-hydroxylation sites is 1. The van der Waals surface area contributed by atoms with Crippen LogP contribution in [0.1, 0.15) is 22.8 Å². The number of fused-ring (bicyclic) bond motifs is 1. The average Bonchev–Trinajstić information content (AvgIpc) is 3.03. The first kappa shape index (κ1) is 15.5. The number of hydrogen-bond acceptors (Lipinski definition) is 4. The van der Waals surface area contributed by atoms with Gasteiger partial charge < -0.3 is 4.98 Å². The first-order valence-electron chi connectivity index (χ1n) is 7.40. The van der Waals surface area contributed by atoms with Gasteiger partial charge in [0, 0.05) is 35.4 Å². The van der Waals surface area contributed by atoms with E-state index in [0.29, 0.717) is 12.1 Å². The highest BCUT2D eigenvalue weighted by Crippen LogP contribution is 2.18. The van der Waals surface area contributed by atoms with Crippen LogP contribution >= 0.6 is 0 Å². The van der Waals surface area contributed by atoms with E-state index in [9.17, 15) is 14.4 Å². The maximum absolute atomic E-state index is 12.6. The lowest BCUT2D eigenvalue weighted by molar-refractivity contribution is 0.0970. The second-order valence-corrected chi connectivity index (χ2v) is 5.29. The lowest BCUT2D eigenvalue weighted by Crippen LogP contribution is -2.42. The second-order valence-electron chi connectivity index (χ2n) is 5.29. The Hall–Kier alpha value is -3.40. The summed E-state index contributed by atoms with van der Waals surface area (Å²) >= 11 is 0. The van der Waals surface area contributed by atoms with Crippen molar-refractivity contribution in [3.05, 3.63) is 68.6 Å². The highest BCUT2D eigenvalue weighted by atomic mass is 16.2. The number of carbonyl (C=O) groups excluding carboxylic acids is 1. The Morgan fingerprint density at radius 1 is 1.29 bits per heavy atom. The third-order valence-corrected chi connectivity index (χ3v) is 3.89. The van der Waals surface area contributed by atoms with Gasteiger partial charge in [0.1, 0.15) is 11.6 Å². The molecule has 0 amide bonds. The summed E-state index contributed by atoms with van der Waals surface area (Å²) in [5.41, 5.74) is -0.314. The largest absolute Gasteiger partial charge is 0.360 e. The molecule has 3 aromatic rings. The van der Waals surface area contributed by atoms with Gasteiger partial charge in [0.15, 0.2) is 5.78 Å². The number of rotatable bonds is 4. The maximum atomic E-state index is 12.6. The van der Waals surface area contributed by atoms with Crippen molar-refractivity contribution in [3.8, 4) is 6.07 Å². The molecule has 1 aromatic carbocycles. The van der Waals surface area contributed by atoms with Crippen molar-refractivity contribution in [2.45, 2.75) is 20.0 Å². The van der Waals surface area contributed by atoms with Crippen LogP contribution in [-0.2, 0) is 13.1 Å². The van der Waals surface area contributed by atoms with E-state index in [1.54, 1.807) is 31.3 Å². The predicted molar refractivity (Wildman–Crippen MR) is 88.0 cm³/mol. The van der Waals surface area contributed by atoms with Crippen molar-refractivity contribution >= 4 is 16.7 Å². The number of aryl methyl sites for hydroxylation is 1. The van der Waals surface area contributed by atoms with Crippen LogP contribution in [0.5, 0.6) is 0 Å². The molecule has 0 unspecified atom stereocenters. The molecule has 0 spiro atoms. The minimum Gasteiger partial charge on any atom is -0.360 e. The van der Waals surface area contributed by atoms with Crippen LogP contribution in [0.3, 0.4) is 0 Å². The molecule has 0 aliphatic carbocycles. The molecule has 7 heteroatoms. The predicted octanol–water partition coefficient (Wildman–Crippen LogP) is 1.27. The number of carbonyl (C=O) groups is 1. The Balaban J connectivity index is 2.09. The number of nitrogens with one attached hydrogen (secondary N) is 1. The van der Waals surface area contributed by atoms with E-state index in [0.717, 1.165) is 15.5 Å². The second kappa shape index (κ2) is 6.01. The topological polar surface area (TPSA) is 101 Å². The highest BCUT2D eigenvalue weighted by Gasteiger charge is 2.17. The summed E-state index contributed by atoms with van der Waals surface area (Å²) < 4.78 is 2.05. The van der Waals surface area contributed by atoms with Crippen LogP contribution < -0.4 is 11.2 Å². The third kappa shape index (κ3) is 2.44. The van der Waals surface area contributed by atoms with E-state index < -0.39 is 17.8 Å². The molecule has 0 aliphatic heterocycles. The van der Waals surface area contributed by atoms with Crippen molar-refractivity contribution in [2.24, 2.45) is 0 Å². The minimum atomic E-state index is -0.750. The number of hydrogen-bond donors (Lipinski definition) is 1. The van der Waals surface area contributed by atoms with Gasteiger partial charge in [-0.1, -0.05) is 18.2 Å². The van der Waals surface area contributed by atoms with Gasteiger partial charge in [0.2, 0.25) is 0 Å². The smallest absolute Gasteiger partial charge is 0.331 e. The van der Waals surface area contributed by atoms with Crippen LogP contribution in [0.2, 0.25) is 0 Å². The minimum absolute atomic E-state index is 0.164. The van der Waals surface area contributed by atoms with E-state index in [2.05, 4.69) is 4.98 Å². The zero-order valence-corrected chi connectivity index (χ0v) is 12.9. The molecule has 0 aliphatic rings. The van der Waals surface area contributed by atoms with Gasteiger partial charge in [-0.2, -0.15) is 5.26 Å². The van der Waals surface area contributed by atoms with Gasteiger partial charge in [-0.15, -0.1) is 0 Å². The van der Waals surface area contributed by atoms with Crippen molar-refractivity contribution in [2.75, 3.05) is 0 Å². The van der Waals surface area contributed by atoms with Crippen LogP contribution in [0, 0.1) is 11.3 Å². The Bertz CT molecular complexity index is 1100. The highest BCUT2D eigenvalue weighted by molar-refractivity contribution is 6.07. The SMILES string of the molecule is CCn1cc(C#N)c(=O)n(CC(=O)c2c[nH]c3ccccc23)c1=O. The number of aromatic nitrogens is 3. The Kier molecular flexibility index (Phi) is 3.88. The summed E-state index contributed by atoms with van der Waals surface area (Å²) in [5.74, 6) is -0.371. The molecule has 24 heavy (non-hydrogen) atoms. The number of aromatic amines is 1. The van der Waals surface area contributed by atoms with E-state index in [1.807, 2.05) is 12.1 Å². The molecule has 0 fully saturated rings. The van der Waals surface area contributed by atoms with Crippen LogP contribution in [0.4, 0.5) is 0 Å². The lowest BCUT2D eigenvalue weighted by Gasteiger charge is -2.08. The molecule has 3 rings (SSSR count). The van der Waals surface area contributed by atoms with Crippen molar-refractivity contribution in [3.63, 3.8) is 0 Å². The molecule has 2 heterocycles. The zero-order valence-electron chi connectivity index (χ0n) is 12.9. The fraction of sp³-hybridized carbons (Fsp3) is 0.176. The van der Waals surface area contributed by atoms with Crippen LogP contribution in [0.15, 0.2) is 46.2 Å². The number of benzene rings is 1. The summed E-state index contributed by atoms with van der Waals surface area (Å²) in [6, 6.07) is 9.03. The number of nitriles is 1. The van der Waals surface area contributed by atoms with Crippen LogP contribution in [0.25, 0.3) is 10.9 Å². The van der Waals surface area contributed by atoms with Gasteiger partial charge in [0.05, 0.1) is 6.54 Å². The molecule has 0 radical (unpaired) electrons. The molecule has 0 bridgehead atoms. The summed E-state index contributed by atoms with van der Waals surface area (Å²) in [5, 5.41) is 9.77.